The molecule has 0 spiro atoms. The van der Waals surface area contributed by atoms with Crippen LogP contribution in [-0.2, 0) is 9.53 Å². The topological polar surface area (TPSA) is 26.3 Å². The summed E-state index contributed by atoms with van der Waals surface area (Å²) in [7, 11) is 0. The Morgan fingerprint density at radius 1 is 1.67 bits per heavy atom. The Bertz CT molecular complexity index is 152. The fourth-order valence-corrected chi connectivity index (χ4v) is 0.192. The predicted octanol–water partition coefficient (Wildman–Crippen LogP) is 1.11. The molecule has 0 aromatic carbocycles. The highest BCUT2D eigenvalue weighted by Gasteiger charge is 2.19. The number of halogens is 3. The second kappa shape index (κ2) is 3.41. The van der Waals surface area contributed by atoms with Gasteiger partial charge in [-0.25, -0.2) is 0 Å². The lowest BCUT2D eigenvalue weighted by Crippen LogP contribution is -1.98. The molecule has 0 unspecified atom stereocenters. The lowest BCUT2D eigenvalue weighted by atomic mass is 10.7. The predicted molar refractivity (Wildman–Crippen MR) is 28.8 cm³/mol. The molecule has 0 N–H and O–H groups in total. The summed E-state index contributed by atoms with van der Waals surface area (Å²) in [5.74, 6) is 1.30. The van der Waals surface area contributed by atoms with Crippen molar-refractivity contribution in [1.29, 1.82) is 0 Å². The zero-order valence-corrected chi connectivity index (χ0v) is 5.61. The lowest BCUT2D eigenvalue weighted by Gasteiger charge is -1.92. The molecule has 2 nitrogen and oxygen atoms in total. The maximum absolute atomic E-state index is 11.6. The van der Waals surface area contributed by atoms with Crippen molar-refractivity contribution in [1.82, 2.24) is 0 Å². The second-order valence-corrected chi connectivity index (χ2v) is 1.93. The highest BCUT2D eigenvalue weighted by Crippen LogP contribution is 2.19. The van der Waals surface area contributed by atoms with E-state index in [2.05, 4.69) is 4.74 Å². The second-order valence-electron chi connectivity index (χ2n) is 0.939. The highest BCUT2D eigenvalue weighted by molar-refractivity contribution is 9.10. The van der Waals surface area contributed by atoms with Crippen LogP contribution in [-0.4, -0.2) is 11.3 Å². The number of ether oxygens (including phenoxy) is 1. The van der Waals surface area contributed by atoms with Gasteiger partial charge in [-0.3, -0.25) is 4.79 Å². The zero-order chi connectivity index (χ0) is 7.33. The first kappa shape index (κ1) is 8.37. The van der Waals surface area contributed by atoms with Gasteiger partial charge in [0.1, 0.15) is 6.11 Å². The van der Waals surface area contributed by atoms with E-state index in [1.165, 1.54) is 12.0 Å². The van der Waals surface area contributed by atoms with Gasteiger partial charge in [0.05, 0.1) is 0 Å². The van der Waals surface area contributed by atoms with Gasteiger partial charge in [0.25, 0.3) is 0 Å². The van der Waals surface area contributed by atoms with Crippen molar-refractivity contribution in [2.45, 2.75) is 4.83 Å². The summed E-state index contributed by atoms with van der Waals surface area (Å²) in [5, 5.41) is 0. The van der Waals surface area contributed by atoms with Crippen LogP contribution < -0.4 is 0 Å². The molecule has 50 valence electrons. The molecule has 0 radical (unpaired) electrons. The molecule has 0 fully saturated rings. The first-order valence-corrected chi connectivity index (χ1v) is 2.54. The maximum Gasteiger partial charge on any atom is 0.366 e. The third-order valence-corrected chi connectivity index (χ3v) is 0.498. The third kappa shape index (κ3) is 7.37. The number of carbonyl (C=O) groups excluding carboxylic acids is 1. The molecule has 0 bridgehead atoms. The largest absolute Gasteiger partial charge is 0.374 e. The summed E-state index contributed by atoms with van der Waals surface area (Å²) in [5.41, 5.74) is 0. The van der Waals surface area contributed by atoms with Gasteiger partial charge in [-0.2, -0.15) is 8.78 Å². The molecule has 0 heterocycles. The standard InChI is InChI=1S/C4HBrF2O2/c5-4(6,7)1-2-9-3-8/h3H. The molecule has 0 saturated carbocycles. The number of hydrogen-bond donors (Lipinski definition) is 0. The number of carbonyl (C=O) groups is 1. The maximum atomic E-state index is 11.6. The Morgan fingerprint density at radius 3 is 2.56 bits per heavy atom. The Hall–Kier alpha value is -0.630. The van der Waals surface area contributed by atoms with Crippen LogP contribution in [0.3, 0.4) is 0 Å². The van der Waals surface area contributed by atoms with Gasteiger partial charge in [-0.15, -0.1) is 0 Å². The summed E-state index contributed by atoms with van der Waals surface area (Å²) in [4.78, 5) is 6.02. The number of rotatable bonds is 1. The van der Waals surface area contributed by atoms with Crippen LogP contribution >= 0.6 is 15.9 Å². The smallest absolute Gasteiger partial charge is 0.366 e. The van der Waals surface area contributed by atoms with E-state index in [0.29, 0.717) is 0 Å². The van der Waals surface area contributed by atoms with Crippen molar-refractivity contribution in [3.8, 4) is 12.0 Å². The molecule has 0 saturated heterocycles. The van der Waals surface area contributed by atoms with Gasteiger partial charge in [0, 0.05) is 21.9 Å². The molecule has 0 amide bonds. The van der Waals surface area contributed by atoms with Crippen LogP contribution in [0, 0.1) is 12.0 Å². The first-order valence-electron chi connectivity index (χ1n) is 1.74. The van der Waals surface area contributed by atoms with E-state index in [1.807, 2.05) is 15.9 Å². The van der Waals surface area contributed by atoms with Crippen molar-refractivity contribution in [3.63, 3.8) is 0 Å². The summed E-state index contributed by atoms with van der Waals surface area (Å²) in [6.45, 7) is -0.0360. The van der Waals surface area contributed by atoms with E-state index in [-0.39, 0.29) is 6.47 Å². The van der Waals surface area contributed by atoms with E-state index in [1.54, 1.807) is 0 Å². The van der Waals surface area contributed by atoms with Crippen molar-refractivity contribution in [3.05, 3.63) is 0 Å². The van der Waals surface area contributed by atoms with E-state index in [0.717, 1.165) is 0 Å². The van der Waals surface area contributed by atoms with Crippen LogP contribution in [0.4, 0.5) is 8.78 Å². The molecule has 5 heteroatoms. The van der Waals surface area contributed by atoms with Crippen molar-refractivity contribution < 1.29 is 18.3 Å². The molecule has 0 aliphatic heterocycles. The molecular formula is C4HBrF2O2. The summed E-state index contributed by atoms with van der Waals surface area (Å²) < 4.78 is 26.8. The average Bonchev–Trinajstić information content (AvgIpc) is 1.63. The summed E-state index contributed by atoms with van der Waals surface area (Å²) in [6, 6.07) is 0. The van der Waals surface area contributed by atoms with E-state index >= 15 is 0 Å². The fourth-order valence-electron chi connectivity index (χ4n) is 0.111. The third-order valence-electron chi connectivity index (χ3n) is 0.300. The molecule has 0 aromatic heterocycles. The minimum atomic E-state index is -3.28. The number of hydrogen-bond acceptors (Lipinski definition) is 2. The Kier molecular flexibility index (Phi) is 3.17. The normalized spacial score (nSPS) is 9.22. The van der Waals surface area contributed by atoms with Gasteiger partial charge in [0.15, 0.2) is 0 Å². The minimum Gasteiger partial charge on any atom is -0.374 e. The first-order chi connectivity index (χ1) is 4.06. The highest BCUT2D eigenvalue weighted by atomic mass is 79.9. The Balaban J connectivity index is 3.72. The van der Waals surface area contributed by atoms with Crippen LogP contribution in [0.2, 0.25) is 0 Å². The molecular weight excluding hydrogens is 198 g/mol. The molecule has 0 aliphatic rings. The van der Waals surface area contributed by atoms with Gasteiger partial charge < -0.3 is 4.74 Å². The summed E-state index contributed by atoms with van der Waals surface area (Å²) in [6.07, 6.45) is 1.46. The quantitative estimate of drug-likeness (QED) is 0.359. The SMILES string of the molecule is O=COC#CC(F)(F)Br. The van der Waals surface area contributed by atoms with Crippen molar-refractivity contribution in [2.75, 3.05) is 0 Å². The van der Waals surface area contributed by atoms with Crippen LogP contribution in [0.15, 0.2) is 0 Å². The average molecular weight is 199 g/mol. The van der Waals surface area contributed by atoms with Crippen molar-refractivity contribution in [2.24, 2.45) is 0 Å². The van der Waals surface area contributed by atoms with Crippen molar-refractivity contribution >= 4 is 22.4 Å². The Morgan fingerprint density at radius 2 is 2.22 bits per heavy atom. The zero-order valence-electron chi connectivity index (χ0n) is 4.03. The van der Waals surface area contributed by atoms with Gasteiger partial charge >= 0.3 is 11.3 Å². The van der Waals surface area contributed by atoms with Crippen LogP contribution in [0.5, 0.6) is 0 Å². The van der Waals surface area contributed by atoms with Crippen LogP contribution in [0.1, 0.15) is 0 Å². The fraction of sp³-hybridized carbons (Fsp3) is 0.250. The lowest BCUT2D eigenvalue weighted by molar-refractivity contribution is -0.122. The molecule has 0 rings (SSSR count). The molecule has 0 atom stereocenters. The molecule has 0 aliphatic carbocycles. The molecule has 9 heavy (non-hydrogen) atoms. The van der Waals surface area contributed by atoms with E-state index in [4.69, 9.17) is 0 Å². The minimum absolute atomic E-state index is 0.0360. The summed E-state index contributed by atoms with van der Waals surface area (Å²) >= 11 is 1.91. The van der Waals surface area contributed by atoms with E-state index in [9.17, 15) is 13.6 Å². The van der Waals surface area contributed by atoms with Crippen LogP contribution in [0.25, 0.3) is 0 Å². The number of alkyl halides is 3. The van der Waals surface area contributed by atoms with Gasteiger partial charge in [0.2, 0.25) is 0 Å². The van der Waals surface area contributed by atoms with Gasteiger partial charge in [-0.1, -0.05) is 0 Å². The Labute approximate surface area is 58.3 Å². The van der Waals surface area contributed by atoms with E-state index < -0.39 is 4.83 Å². The monoisotopic (exact) mass is 198 g/mol. The van der Waals surface area contributed by atoms with Gasteiger partial charge in [-0.05, 0) is 0 Å². The molecule has 0 aromatic rings.